The fourth-order valence-corrected chi connectivity index (χ4v) is 5.25. The van der Waals surface area contributed by atoms with E-state index in [0.717, 1.165) is 10.4 Å². The number of rotatable bonds is 8. The molecule has 10 nitrogen and oxygen atoms in total. The van der Waals surface area contributed by atoms with E-state index in [2.05, 4.69) is 25.4 Å². The second-order valence-corrected chi connectivity index (χ2v) is 10.5. The Morgan fingerprint density at radius 3 is 2.65 bits per heavy atom. The van der Waals surface area contributed by atoms with E-state index in [-0.39, 0.29) is 12.1 Å². The zero-order chi connectivity index (χ0) is 27.5. The van der Waals surface area contributed by atoms with Crippen molar-refractivity contribution in [2.75, 3.05) is 5.32 Å². The molecule has 0 aliphatic rings. The lowest BCUT2D eigenvalue weighted by atomic mass is 10.0. The summed E-state index contributed by atoms with van der Waals surface area (Å²) < 4.78 is 8.57. The number of aromatic nitrogens is 6. The number of hydrogen-bond donors (Lipinski definition) is 1. The van der Waals surface area contributed by atoms with E-state index < -0.39 is 5.91 Å². The van der Waals surface area contributed by atoms with Crippen LogP contribution >= 0.6 is 22.9 Å². The molecule has 0 saturated heterocycles. The standard InChI is InChI=1S/C28H20ClN7O3S/c29-24-2-1-21(40-24)15-33-25-13-23(34-36(25)27(37)19-6-12-39-17-19)26-22(18-3-7-30-8-4-18)5-11-35(28(26)38)16-20-14-31-9-10-32-20/h1-14,17,33H,15-16H2. The Balaban J connectivity index is 1.48. The molecule has 0 radical (unpaired) electrons. The molecule has 0 aliphatic heterocycles. The summed E-state index contributed by atoms with van der Waals surface area (Å²) in [6, 6.07) is 12.5. The lowest BCUT2D eigenvalue weighted by molar-refractivity contribution is 0.0947. The highest BCUT2D eigenvalue weighted by atomic mass is 35.5. The molecule has 12 heteroatoms. The quantitative estimate of drug-likeness (QED) is 0.265. The molecule has 0 aliphatic carbocycles. The van der Waals surface area contributed by atoms with Crippen LogP contribution < -0.4 is 10.9 Å². The van der Waals surface area contributed by atoms with Crippen LogP contribution in [0.3, 0.4) is 0 Å². The third kappa shape index (κ3) is 5.20. The van der Waals surface area contributed by atoms with Gasteiger partial charge in [-0.15, -0.1) is 11.3 Å². The van der Waals surface area contributed by atoms with E-state index >= 15 is 0 Å². The Labute approximate surface area is 236 Å². The summed E-state index contributed by atoms with van der Waals surface area (Å²) in [6.07, 6.45) is 12.6. The minimum absolute atomic E-state index is 0.217. The predicted molar refractivity (Wildman–Crippen MR) is 151 cm³/mol. The molecule has 198 valence electrons. The molecule has 6 aromatic rings. The third-order valence-corrected chi connectivity index (χ3v) is 7.34. The van der Waals surface area contributed by atoms with Crippen molar-refractivity contribution in [2.24, 2.45) is 0 Å². The van der Waals surface area contributed by atoms with Crippen molar-refractivity contribution < 1.29 is 9.21 Å². The van der Waals surface area contributed by atoms with Gasteiger partial charge in [-0.2, -0.15) is 9.78 Å². The number of anilines is 1. The second kappa shape index (κ2) is 11.1. The van der Waals surface area contributed by atoms with Crippen LogP contribution in [0.15, 0.2) is 101 Å². The topological polar surface area (TPSA) is 121 Å². The molecule has 0 fully saturated rings. The molecule has 40 heavy (non-hydrogen) atoms. The normalized spacial score (nSPS) is 11.0. The highest BCUT2D eigenvalue weighted by Crippen LogP contribution is 2.31. The van der Waals surface area contributed by atoms with Crippen LogP contribution in [0.2, 0.25) is 4.34 Å². The molecule has 0 spiro atoms. The molecule has 0 saturated carbocycles. The van der Waals surface area contributed by atoms with Gasteiger partial charge in [-0.1, -0.05) is 11.6 Å². The molecule has 6 aromatic heterocycles. The van der Waals surface area contributed by atoms with Gasteiger partial charge in [-0.25, -0.2) is 0 Å². The fraction of sp³-hybridized carbons (Fsp3) is 0.0714. The fourth-order valence-electron chi connectivity index (χ4n) is 4.22. The highest BCUT2D eigenvalue weighted by molar-refractivity contribution is 7.16. The third-order valence-electron chi connectivity index (χ3n) is 6.10. The zero-order valence-electron chi connectivity index (χ0n) is 20.8. The average molecular weight is 570 g/mol. The Kier molecular flexibility index (Phi) is 7.04. The van der Waals surface area contributed by atoms with Crippen molar-refractivity contribution in [1.29, 1.82) is 0 Å². The maximum atomic E-state index is 14.0. The van der Waals surface area contributed by atoms with E-state index in [9.17, 15) is 9.59 Å². The van der Waals surface area contributed by atoms with Crippen LogP contribution in [0, 0.1) is 0 Å². The van der Waals surface area contributed by atoms with Gasteiger partial charge in [0.1, 0.15) is 17.8 Å². The summed E-state index contributed by atoms with van der Waals surface area (Å²) in [6.45, 7) is 0.624. The van der Waals surface area contributed by atoms with Gasteiger partial charge in [-0.3, -0.25) is 24.5 Å². The maximum absolute atomic E-state index is 14.0. The van der Waals surface area contributed by atoms with Crippen molar-refractivity contribution in [2.45, 2.75) is 13.1 Å². The smallest absolute Gasteiger partial charge is 0.283 e. The average Bonchev–Trinajstić information content (AvgIpc) is 3.75. The van der Waals surface area contributed by atoms with Gasteiger partial charge >= 0.3 is 0 Å². The van der Waals surface area contributed by atoms with Gasteiger partial charge in [-0.05, 0) is 47.5 Å². The molecule has 0 amide bonds. The number of carbonyl (C=O) groups excluding carboxylic acids is 1. The zero-order valence-corrected chi connectivity index (χ0v) is 22.3. The number of furan rings is 1. The predicted octanol–water partition coefficient (Wildman–Crippen LogP) is 5.22. The number of carbonyl (C=O) groups is 1. The van der Waals surface area contributed by atoms with Gasteiger partial charge in [0, 0.05) is 41.9 Å². The van der Waals surface area contributed by atoms with Crippen LogP contribution in [0.5, 0.6) is 0 Å². The first kappa shape index (κ1) is 25.4. The van der Waals surface area contributed by atoms with Crippen LogP contribution in [0.4, 0.5) is 5.82 Å². The van der Waals surface area contributed by atoms with Crippen LogP contribution in [-0.4, -0.2) is 35.2 Å². The van der Waals surface area contributed by atoms with Crippen molar-refractivity contribution >= 4 is 34.7 Å². The van der Waals surface area contributed by atoms with Gasteiger partial charge < -0.3 is 14.3 Å². The van der Waals surface area contributed by atoms with E-state index in [1.165, 1.54) is 28.5 Å². The Hall–Kier alpha value is -4.87. The molecule has 1 N–H and O–H groups in total. The summed E-state index contributed by atoms with van der Waals surface area (Å²) in [4.78, 5) is 40.9. The Bertz CT molecular complexity index is 1830. The summed E-state index contributed by atoms with van der Waals surface area (Å²) in [5, 5.41) is 7.91. The lowest BCUT2D eigenvalue weighted by Crippen LogP contribution is -2.23. The number of thiophene rings is 1. The summed E-state index contributed by atoms with van der Waals surface area (Å²) in [7, 11) is 0. The van der Waals surface area contributed by atoms with Crippen molar-refractivity contribution in [3.8, 4) is 22.4 Å². The first-order valence-corrected chi connectivity index (χ1v) is 13.3. The van der Waals surface area contributed by atoms with Gasteiger partial charge in [0.05, 0.1) is 46.7 Å². The summed E-state index contributed by atoms with van der Waals surface area (Å²) in [5.41, 5.74) is 2.75. The number of pyridine rings is 2. The summed E-state index contributed by atoms with van der Waals surface area (Å²) in [5.74, 6) is 0.00289. The molecule has 0 aromatic carbocycles. The molecular weight excluding hydrogens is 550 g/mol. The number of nitrogens with one attached hydrogen (secondary N) is 1. The first-order valence-electron chi connectivity index (χ1n) is 12.1. The van der Waals surface area contributed by atoms with E-state index in [4.69, 9.17) is 16.0 Å². The van der Waals surface area contributed by atoms with E-state index in [1.54, 1.807) is 53.9 Å². The number of hydrogen-bond acceptors (Lipinski definition) is 9. The molecular formula is C28H20ClN7O3S. The van der Waals surface area contributed by atoms with Crippen molar-refractivity contribution in [3.63, 3.8) is 0 Å². The molecule has 0 bridgehead atoms. The van der Waals surface area contributed by atoms with Gasteiger partial charge in [0.15, 0.2) is 0 Å². The second-order valence-electron chi connectivity index (χ2n) is 8.67. The molecule has 6 heterocycles. The maximum Gasteiger partial charge on any atom is 0.283 e. The summed E-state index contributed by atoms with van der Waals surface area (Å²) >= 11 is 7.53. The van der Waals surface area contributed by atoms with Gasteiger partial charge in [0.25, 0.3) is 11.5 Å². The minimum atomic E-state index is -0.409. The number of halogens is 1. The molecule has 0 atom stereocenters. The minimum Gasteiger partial charge on any atom is -0.472 e. The lowest BCUT2D eigenvalue weighted by Gasteiger charge is -2.12. The molecule has 6 rings (SSSR count). The SMILES string of the molecule is O=C(c1ccoc1)n1nc(-c2c(-c3ccncc3)ccn(Cc3cnccn3)c2=O)cc1NCc1ccc(Cl)s1. The largest absolute Gasteiger partial charge is 0.472 e. The highest BCUT2D eigenvalue weighted by Gasteiger charge is 2.23. The van der Waals surface area contributed by atoms with Gasteiger partial charge in [0.2, 0.25) is 0 Å². The Morgan fingerprint density at radius 2 is 1.93 bits per heavy atom. The monoisotopic (exact) mass is 569 g/mol. The van der Waals surface area contributed by atoms with Crippen molar-refractivity contribution in [3.05, 3.63) is 123 Å². The van der Waals surface area contributed by atoms with Crippen LogP contribution in [-0.2, 0) is 13.1 Å². The first-order chi connectivity index (χ1) is 19.6. The Morgan fingerprint density at radius 1 is 1.05 bits per heavy atom. The van der Waals surface area contributed by atoms with E-state index in [0.29, 0.717) is 44.8 Å². The van der Waals surface area contributed by atoms with Crippen molar-refractivity contribution in [1.82, 2.24) is 29.3 Å². The van der Waals surface area contributed by atoms with Crippen LogP contribution in [0.1, 0.15) is 20.9 Å². The molecule has 0 unspecified atom stereocenters. The van der Waals surface area contributed by atoms with Crippen LogP contribution in [0.25, 0.3) is 22.4 Å². The number of nitrogens with zero attached hydrogens (tertiary/aromatic N) is 6. The van der Waals surface area contributed by atoms with E-state index in [1.807, 2.05) is 30.3 Å².